The van der Waals surface area contributed by atoms with Gasteiger partial charge in [0, 0.05) is 31.9 Å². The lowest BCUT2D eigenvalue weighted by Crippen LogP contribution is -2.35. The Kier molecular flexibility index (Phi) is 5.49. The van der Waals surface area contributed by atoms with Crippen molar-refractivity contribution >= 4 is 12.0 Å². The molecule has 5 rings (SSSR count). The minimum atomic E-state index is -1.13. The molecule has 1 amide bonds. The van der Waals surface area contributed by atoms with E-state index in [1.807, 2.05) is 6.07 Å². The van der Waals surface area contributed by atoms with Crippen LogP contribution < -0.4 is 5.32 Å². The zero-order chi connectivity index (χ0) is 22.1. The highest BCUT2D eigenvalue weighted by molar-refractivity contribution is 5.86. The number of amides is 1. The van der Waals surface area contributed by atoms with Gasteiger partial charge < -0.3 is 15.3 Å². The highest BCUT2D eigenvalue weighted by atomic mass is 16.4. The van der Waals surface area contributed by atoms with E-state index in [9.17, 15) is 9.59 Å². The van der Waals surface area contributed by atoms with E-state index >= 15 is 0 Å². The van der Waals surface area contributed by atoms with Crippen LogP contribution in [0.15, 0.2) is 66.9 Å². The van der Waals surface area contributed by atoms with Crippen molar-refractivity contribution in [2.24, 2.45) is 11.8 Å². The van der Waals surface area contributed by atoms with E-state index in [1.54, 1.807) is 4.90 Å². The maximum absolute atomic E-state index is 12.7. The summed E-state index contributed by atoms with van der Waals surface area (Å²) in [6, 6.07) is 20.6. The summed E-state index contributed by atoms with van der Waals surface area (Å²) in [4.78, 5) is 25.5. The highest BCUT2D eigenvalue weighted by Gasteiger charge is 2.42. The molecule has 1 aliphatic carbocycles. The van der Waals surface area contributed by atoms with E-state index < -0.39 is 5.97 Å². The third-order valence-electron chi connectivity index (χ3n) is 6.65. The summed E-state index contributed by atoms with van der Waals surface area (Å²) in [6.45, 7) is 2.24. The molecule has 0 bridgehead atoms. The molecule has 1 unspecified atom stereocenters. The summed E-state index contributed by atoms with van der Waals surface area (Å²) in [5, 5.41) is 16.6. The summed E-state index contributed by atoms with van der Waals surface area (Å²) in [7, 11) is 0. The van der Waals surface area contributed by atoms with Crippen molar-refractivity contribution in [3.63, 3.8) is 0 Å². The molecule has 1 saturated carbocycles. The van der Waals surface area contributed by atoms with Crippen LogP contribution in [0, 0.1) is 11.8 Å². The van der Waals surface area contributed by atoms with Crippen molar-refractivity contribution in [2.75, 3.05) is 13.1 Å². The van der Waals surface area contributed by atoms with Gasteiger partial charge in [0.25, 0.3) is 0 Å². The molecule has 1 aliphatic heterocycles. The molecule has 2 N–H and O–H groups in total. The Balaban J connectivity index is 1.14. The molecule has 2 heterocycles. The number of carbonyl (C=O) groups excluding carboxylic acids is 1. The molecule has 0 radical (unpaired) electrons. The lowest BCUT2D eigenvalue weighted by atomic mass is 10.0. The van der Waals surface area contributed by atoms with Gasteiger partial charge >= 0.3 is 12.0 Å². The Labute approximate surface area is 186 Å². The number of aromatic carboxylic acids is 1. The Morgan fingerprint density at radius 2 is 1.69 bits per heavy atom. The molecule has 2 fully saturated rings. The average Bonchev–Trinajstić information content (AvgIpc) is 3.53. The van der Waals surface area contributed by atoms with Crippen LogP contribution >= 0.6 is 0 Å². The fourth-order valence-corrected chi connectivity index (χ4v) is 5.07. The van der Waals surface area contributed by atoms with Crippen molar-refractivity contribution in [3.05, 3.63) is 78.1 Å². The molecule has 3 atom stereocenters. The summed E-state index contributed by atoms with van der Waals surface area (Å²) in [5.41, 5.74) is 3.61. The van der Waals surface area contributed by atoms with Gasteiger partial charge in [0.05, 0.1) is 0 Å². The predicted molar refractivity (Wildman–Crippen MR) is 120 cm³/mol. The number of benzene rings is 2. The minimum absolute atomic E-state index is 0.113. The second-order valence-electron chi connectivity index (χ2n) is 8.77. The minimum Gasteiger partial charge on any atom is -0.476 e. The molecule has 164 valence electrons. The average molecular weight is 431 g/mol. The van der Waals surface area contributed by atoms with Crippen LogP contribution in [0.2, 0.25) is 0 Å². The van der Waals surface area contributed by atoms with E-state index in [0.29, 0.717) is 31.0 Å². The van der Waals surface area contributed by atoms with Crippen molar-refractivity contribution in [3.8, 4) is 11.1 Å². The number of nitrogens with zero attached hydrogens (tertiary/aromatic N) is 3. The second-order valence-corrected chi connectivity index (χ2v) is 8.77. The summed E-state index contributed by atoms with van der Waals surface area (Å²) in [5.74, 6) is -0.179. The first kappa shape index (κ1) is 20.5. The van der Waals surface area contributed by atoms with Crippen molar-refractivity contribution in [1.29, 1.82) is 0 Å². The smallest absolute Gasteiger partial charge is 0.356 e. The van der Waals surface area contributed by atoms with Gasteiger partial charge in [0.2, 0.25) is 0 Å². The van der Waals surface area contributed by atoms with E-state index in [1.165, 1.54) is 29.0 Å². The molecule has 7 nitrogen and oxygen atoms in total. The maximum atomic E-state index is 12.7. The molecular formula is C25H26N4O3. The number of rotatable bonds is 5. The number of carbonyl (C=O) groups is 2. The number of nitrogens with one attached hydrogen (secondary N) is 1. The highest BCUT2D eigenvalue weighted by Crippen LogP contribution is 2.38. The van der Waals surface area contributed by atoms with Crippen LogP contribution in [0.1, 0.15) is 28.9 Å². The van der Waals surface area contributed by atoms with Gasteiger partial charge in [-0.05, 0) is 53.5 Å². The molecule has 2 aliphatic rings. The Bertz CT molecular complexity index is 1110. The molecule has 0 spiro atoms. The van der Waals surface area contributed by atoms with Crippen LogP contribution in [-0.4, -0.2) is 50.9 Å². The van der Waals surface area contributed by atoms with Crippen LogP contribution in [-0.2, 0) is 6.54 Å². The van der Waals surface area contributed by atoms with Gasteiger partial charge in [0.15, 0.2) is 5.69 Å². The lowest BCUT2D eigenvalue weighted by molar-refractivity contribution is 0.0690. The first-order valence-corrected chi connectivity index (χ1v) is 11.0. The molecular weight excluding hydrogens is 404 g/mol. The Hall–Kier alpha value is -3.45. The lowest BCUT2D eigenvalue weighted by Gasteiger charge is -2.19. The fourth-order valence-electron chi connectivity index (χ4n) is 5.07. The molecule has 32 heavy (non-hydrogen) atoms. The zero-order valence-corrected chi connectivity index (χ0v) is 17.7. The summed E-state index contributed by atoms with van der Waals surface area (Å²) in [6.07, 6.45) is 3.52. The Morgan fingerprint density at radius 3 is 2.38 bits per heavy atom. The van der Waals surface area contributed by atoms with Gasteiger partial charge in [-0.25, -0.2) is 9.59 Å². The standard InChI is InChI=1S/C25H26N4O3/c30-24(31)23-9-10-29(27-23)25(32)28-15-20-12-22(13-21(20)16-28)26-14-17-5-4-8-19(11-17)18-6-2-1-3-7-18/h1-11,20-22,26H,12-16H2,(H,30,31)/t20-,21+,22?. The number of carboxylic acids is 1. The molecule has 7 heteroatoms. The van der Waals surface area contributed by atoms with E-state index in [0.717, 1.165) is 24.1 Å². The number of hydrogen-bond donors (Lipinski definition) is 2. The van der Waals surface area contributed by atoms with Crippen LogP contribution in [0.4, 0.5) is 4.79 Å². The van der Waals surface area contributed by atoms with E-state index in [4.69, 9.17) is 5.11 Å². The fraction of sp³-hybridized carbons (Fsp3) is 0.320. The van der Waals surface area contributed by atoms with Gasteiger partial charge in [0.1, 0.15) is 0 Å². The van der Waals surface area contributed by atoms with Crippen LogP contribution in [0.5, 0.6) is 0 Å². The normalized spacial score (nSPS) is 22.1. The maximum Gasteiger partial charge on any atom is 0.356 e. The SMILES string of the molecule is O=C(O)c1ccn(C(=O)N2C[C@H]3CC(NCc4cccc(-c5ccccc5)c4)C[C@H]3C2)n1. The molecule has 2 aromatic carbocycles. The van der Waals surface area contributed by atoms with Crippen molar-refractivity contribution < 1.29 is 14.7 Å². The topological polar surface area (TPSA) is 87.5 Å². The van der Waals surface area contributed by atoms with Gasteiger partial charge in [-0.2, -0.15) is 9.78 Å². The van der Waals surface area contributed by atoms with Crippen LogP contribution in [0.3, 0.4) is 0 Å². The largest absolute Gasteiger partial charge is 0.476 e. The number of likely N-dealkylation sites (tertiary alicyclic amines) is 1. The molecule has 1 aromatic heterocycles. The van der Waals surface area contributed by atoms with Gasteiger partial charge in [-0.15, -0.1) is 0 Å². The van der Waals surface area contributed by atoms with Gasteiger partial charge in [-0.1, -0.05) is 48.5 Å². The van der Waals surface area contributed by atoms with Gasteiger partial charge in [-0.3, -0.25) is 0 Å². The summed E-state index contributed by atoms with van der Waals surface area (Å²) >= 11 is 0. The third kappa shape index (κ3) is 4.16. The number of carboxylic acid groups (broad SMARTS) is 1. The molecule has 3 aromatic rings. The van der Waals surface area contributed by atoms with Crippen molar-refractivity contribution in [2.45, 2.75) is 25.4 Å². The van der Waals surface area contributed by atoms with Crippen molar-refractivity contribution in [1.82, 2.24) is 20.0 Å². The first-order valence-electron chi connectivity index (χ1n) is 11.0. The number of fused-ring (bicyclic) bond motifs is 1. The Morgan fingerprint density at radius 1 is 0.969 bits per heavy atom. The molecule has 1 saturated heterocycles. The quantitative estimate of drug-likeness (QED) is 0.644. The third-order valence-corrected chi connectivity index (χ3v) is 6.65. The summed E-state index contributed by atoms with van der Waals surface area (Å²) < 4.78 is 1.14. The number of aromatic nitrogens is 2. The zero-order valence-electron chi connectivity index (χ0n) is 17.7. The predicted octanol–water partition coefficient (Wildman–Crippen LogP) is 3.72. The van der Waals surface area contributed by atoms with E-state index in [-0.39, 0.29) is 11.7 Å². The first-order chi connectivity index (χ1) is 15.6. The van der Waals surface area contributed by atoms with Crippen LogP contribution in [0.25, 0.3) is 11.1 Å². The van der Waals surface area contributed by atoms with E-state index in [2.05, 4.69) is 58.9 Å². The second kappa shape index (κ2) is 8.59. The number of hydrogen-bond acceptors (Lipinski definition) is 4. The monoisotopic (exact) mass is 430 g/mol.